The molecule has 0 aliphatic carbocycles. The highest BCUT2D eigenvalue weighted by atomic mass is 32.2. The molecular weight excluding hydrogens is 278 g/mol. The zero-order valence-electron chi connectivity index (χ0n) is 12.5. The smallest absolute Gasteiger partial charge is 0.268 e. The Balaban J connectivity index is 3.16. The molecule has 1 aromatic rings. The van der Waals surface area contributed by atoms with Gasteiger partial charge in [0.2, 0.25) is 10.0 Å². The molecular formula is C13H23N3O3S. The van der Waals surface area contributed by atoms with Gasteiger partial charge in [-0.2, -0.15) is 0 Å². The van der Waals surface area contributed by atoms with Crippen molar-refractivity contribution in [1.29, 1.82) is 0 Å². The van der Waals surface area contributed by atoms with Crippen molar-refractivity contribution in [2.24, 2.45) is 11.1 Å². The van der Waals surface area contributed by atoms with E-state index in [1.807, 2.05) is 34.6 Å². The average molecular weight is 301 g/mol. The first-order valence-electron chi connectivity index (χ1n) is 6.59. The Hall–Kier alpha value is -1.34. The standard InChI is InChI=1S/C13H23N3O3S/c1-8(2)10(5)15-13(17)12-6-11(20(14,18)19)7-16(12)9(3)4/h6-10H,1-5H3,(H,15,17)(H2,14,18,19). The van der Waals surface area contributed by atoms with Crippen molar-refractivity contribution < 1.29 is 13.2 Å². The fourth-order valence-electron chi connectivity index (χ4n) is 1.67. The average Bonchev–Trinajstić information content (AvgIpc) is 2.72. The van der Waals surface area contributed by atoms with Gasteiger partial charge in [-0.3, -0.25) is 4.79 Å². The highest BCUT2D eigenvalue weighted by Crippen LogP contribution is 2.18. The van der Waals surface area contributed by atoms with Gasteiger partial charge in [-0.25, -0.2) is 13.6 Å². The Morgan fingerprint density at radius 3 is 2.20 bits per heavy atom. The number of carbonyl (C=O) groups is 1. The lowest BCUT2D eigenvalue weighted by atomic mass is 10.1. The highest BCUT2D eigenvalue weighted by Gasteiger charge is 2.21. The van der Waals surface area contributed by atoms with Crippen LogP contribution in [0.1, 0.15) is 51.1 Å². The summed E-state index contributed by atoms with van der Waals surface area (Å²) in [6.07, 6.45) is 1.40. The summed E-state index contributed by atoms with van der Waals surface area (Å²) in [5.41, 5.74) is 0.302. The maximum atomic E-state index is 12.3. The molecule has 114 valence electrons. The Bertz CT molecular complexity index is 588. The lowest BCUT2D eigenvalue weighted by molar-refractivity contribution is 0.0919. The first kappa shape index (κ1) is 16.7. The van der Waals surface area contributed by atoms with Gasteiger partial charge in [-0.15, -0.1) is 0 Å². The monoisotopic (exact) mass is 301 g/mol. The van der Waals surface area contributed by atoms with Crippen molar-refractivity contribution in [3.8, 4) is 0 Å². The number of primary sulfonamides is 1. The van der Waals surface area contributed by atoms with Crippen molar-refractivity contribution in [3.63, 3.8) is 0 Å². The van der Waals surface area contributed by atoms with E-state index in [1.54, 1.807) is 4.57 Å². The molecule has 1 aromatic heterocycles. The van der Waals surface area contributed by atoms with E-state index in [0.717, 1.165) is 0 Å². The summed E-state index contributed by atoms with van der Waals surface area (Å²) in [6, 6.07) is 1.27. The number of nitrogens with zero attached hydrogens (tertiary/aromatic N) is 1. The van der Waals surface area contributed by atoms with Crippen LogP contribution in [0, 0.1) is 5.92 Å². The first-order valence-corrected chi connectivity index (χ1v) is 8.14. The molecule has 6 nitrogen and oxygen atoms in total. The minimum absolute atomic E-state index is 0.00375. The van der Waals surface area contributed by atoms with Gasteiger partial charge in [-0.1, -0.05) is 13.8 Å². The topological polar surface area (TPSA) is 94.2 Å². The number of nitrogens with two attached hydrogens (primary N) is 1. The van der Waals surface area contributed by atoms with Gasteiger partial charge in [0.25, 0.3) is 5.91 Å². The second-order valence-electron chi connectivity index (χ2n) is 5.61. The Morgan fingerprint density at radius 2 is 1.80 bits per heavy atom. The summed E-state index contributed by atoms with van der Waals surface area (Å²) in [5.74, 6) is -0.00563. The Labute approximate surface area is 120 Å². The SMILES string of the molecule is CC(C)C(C)NC(=O)c1cc(S(N)(=O)=O)cn1C(C)C. The van der Waals surface area contributed by atoms with Gasteiger partial charge in [0.05, 0.1) is 0 Å². The van der Waals surface area contributed by atoms with E-state index in [1.165, 1.54) is 12.3 Å². The third kappa shape index (κ3) is 3.83. The van der Waals surface area contributed by atoms with Crippen molar-refractivity contribution in [2.75, 3.05) is 0 Å². The summed E-state index contributed by atoms with van der Waals surface area (Å²) in [5, 5.41) is 7.98. The number of aromatic nitrogens is 1. The van der Waals surface area contributed by atoms with Crippen molar-refractivity contribution >= 4 is 15.9 Å². The molecule has 1 heterocycles. The third-order valence-corrected chi connectivity index (χ3v) is 4.18. The van der Waals surface area contributed by atoms with Crippen LogP contribution in [-0.4, -0.2) is 24.9 Å². The summed E-state index contributed by atoms with van der Waals surface area (Å²) in [6.45, 7) is 9.65. The summed E-state index contributed by atoms with van der Waals surface area (Å²) in [7, 11) is -3.82. The predicted octanol–water partition coefficient (Wildman–Crippen LogP) is 1.49. The molecule has 7 heteroatoms. The van der Waals surface area contributed by atoms with E-state index in [9.17, 15) is 13.2 Å². The van der Waals surface area contributed by atoms with Gasteiger partial charge < -0.3 is 9.88 Å². The normalized spacial score (nSPS) is 13.8. The fourth-order valence-corrected chi connectivity index (χ4v) is 2.20. The van der Waals surface area contributed by atoms with E-state index < -0.39 is 10.0 Å². The highest BCUT2D eigenvalue weighted by molar-refractivity contribution is 7.89. The fraction of sp³-hybridized carbons (Fsp3) is 0.615. The van der Waals surface area contributed by atoms with Gasteiger partial charge in [-0.05, 0) is 32.8 Å². The molecule has 1 amide bonds. The number of rotatable bonds is 5. The molecule has 0 aliphatic heterocycles. The quantitative estimate of drug-likeness (QED) is 0.862. The van der Waals surface area contributed by atoms with E-state index in [-0.39, 0.29) is 22.9 Å². The van der Waals surface area contributed by atoms with Crippen LogP contribution in [0.25, 0.3) is 0 Å². The number of amides is 1. The van der Waals surface area contributed by atoms with Gasteiger partial charge >= 0.3 is 0 Å². The Morgan fingerprint density at radius 1 is 1.25 bits per heavy atom. The van der Waals surface area contributed by atoms with Crippen LogP contribution >= 0.6 is 0 Å². The minimum Gasteiger partial charge on any atom is -0.348 e. The molecule has 0 fully saturated rings. The molecule has 0 radical (unpaired) electrons. The van der Waals surface area contributed by atoms with Crippen molar-refractivity contribution in [3.05, 3.63) is 18.0 Å². The number of nitrogens with one attached hydrogen (secondary N) is 1. The van der Waals surface area contributed by atoms with Crippen LogP contribution in [0.5, 0.6) is 0 Å². The molecule has 0 saturated heterocycles. The lowest BCUT2D eigenvalue weighted by Crippen LogP contribution is -2.37. The summed E-state index contributed by atoms with van der Waals surface area (Å²) >= 11 is 0. The number of hydrogen-bond donors (Lipinski definition) is 2. The molecule has 0 bridgehead atoms. The molecule has 1 rings (SSSR count). The van der Waals surface area contributed by atoms with Gasteiger partial charge in [0.15, 0.2) is 0 Å². The second-order valence-corrected chi connectivity index (χ2v) is 7.17. The van der Waals surface area contributed by atoms with E-state index in [2.05, 4.69) is 5.32 Å². The molecule has 1 atom stereocenters. The molecule has 1 unspecified atom stereocenters. The van der Waals surface area contributed by atoms with Crippen LogP contribution in [0.2, 0.25) is 0 Å². The molecule has 0 aliphatic rings. The number of carbonyl (C=O) groups excluding carboxylic acids is 1. The molecule has 20 heavy (non-hydrogen) atoms. The molecule has 0 saturated carbocycles. The van der Waals surface area contributed by atoms with Crippen LogP contribution in [0.15, 0.2) is 17.2 Å². The zero-order chi connectivity index (χ0) is 15.7. The molecule has 3 N–H and O–H groups in total. The Kier molecular flexibility index (Phi) is 4.99. The third-order valence-electron chi connectivity index (χ3n) is 3.30. The second kappa shape index (κ2) is 5.97. The number of hydrogen-bond acceptors (Lipinski definition) is 3. The largest absolute Gasteiger partial charge is 0.348 e. The lowest BCUT2D eigenvalue weighted by Gasteiger charge is -2.19. The number of sulfonamides is 1. The molecule has 0 spiro atoms. The van der Waals surface area contributed by atoms with Crippen LogP contribution in [0.3, 0.4) is 0 Å². The van der Waals surface area contributed by atoms with Crippen molar-refractivity contribution in [2.45, 2.75) is 51.6 Å². The zero-order valence-corrected chi connectivity index (χ0v) is 13.4. The predicted molar refractivity (Wildman–Crippen MR) is 78.0 cm³/mol. The van der Waals surface area contributed by atoms with E-state index in [0.29, 0.717) is 11.6 Å². The van der Waals surface area contributed by atoms with Crippen LogP contribution in [-0.2, 0) is 10.0 Å². The minimum atomic E-state index is -3.82. The maximum absolute atomic E-state index is 12.3. The van der Waals surface area contributed by atoms with Crippen LogP contribution < -0.4 is 10.5 Å². The van der Waals surface area contributed by atoms with E-state index in [4.69, 9.17) is 5.14 Å². The maximum Gasteiger partial charge on any atom is 0.268 e. The molecule has 0 aromatic carbocycles. The van der Waals surface area contributed by atoms with Crippen LogP contribution in [0.4, 0.5) is 0 Å². The summed E-state index contributed by atoms with van der Waals surface area (Å²) < 4.78 is 24.4. The van der Waals surface area contributed by atoms with Crippen molar-refractivity contribution in [1.82, 2.24) is 9.88 Å². The van der Waals surface area contributed by atoms with E-state index >= 15 is 0 Å². The van der Waals surface area contributed by atoms with Gasteiger partial charge in [0.1, 0.15) is 10.6 Å². The first-order chi connectivity index (χ1) is 9.04. The summed E-state index contributed by atoms with van der Waals surface area (Å²) in [4.78, 5) is 12.2. The van der Waals surface area contributed by atoms with Gasteiger partial charge in [0, 0.05) is 18.3 Å².